The summed E-state index contributed by atoms with van der Waals surface area (Å²) in [6.45, 7) is 2.65. The second-order valence-corrected chi connectivity index (χ2v) is 3.83. The fourth-order valence-corrected chi connectivity index (χ4v) is 1.70. The van der Waals surface area contributed by atoms with Crippen LogP contribution in [-0.4, -0.2) is 24.0 Å². The molecule has 2 aromatic rings. The van der Waals surface area contributed by atoms with Gasteiger partial charge in [0.25, 0.3) is 0 Å². The Morgan fingerprint density at radius 2 is 1.82 bits per heavy atom. The third kappa shape index (κ3) is 2.58. The lowest BCUT2D eigenvalue weighted by Gasteiger charge is -2.06. The van der Waals surface area contributed by atoms with Gasteiger partial charge in [-0.15, -0.1) is 0 Å². The first-order valence-electron chi connectivity index (χ1n) is 5.44. The fraction of sp³-hybridized carbons (Fsp3) is 0.308. The standard InChI is InChI=1S/C13H16N2O2/c1-10-8-13(17-3)15(14-10)9-11-4-6-12(16-2)7-5-11/h4-8H,9H2,1-3H3. The largest absolute Gasteiger partial charge is 0.497 e. The molecule has 1 heterocycles. The highest BCUT2D eigenvalue weighted by Gasteiger charge is 2.05. The highest BCUT2D eigenvalue weighted by molar-refractivity contribution is 5.28. The van der Waals surface area contributed by atoms with Gasteiger partial charge in [-0.1, -0.05) is 12.1 Å². The smallest absolute Gasteiger partial charge is 0.212 e. The molecule has 4 heteroatoms. The highest BCUT2D eigenvalue weighted by atomic mass is 16.5. The van der Waals surface area contributed by atoms with Crippen LogP contribution >= 0.6 is 0 Å². The maximum Gasteiger partial charge on any atom is 0.212 e. The molecule has 0 spiro atoms. The molecule has 0 fully saturated rings. The number of aromatic nitrogens is 2. The Kier molecular flexibility index (Phi) is 3.32. The first-order chi connectivity index (χ1) is 8.22. The summed E-state index contributed by atoms with van der Waals surface area (Å²) in [5, 5.41) is 4.38. The van der Waals surface area contributed by atoms with Crippen LogP contribution < -0.4 is 9.47 Å². The Bertz CT molecular complexity index is 489. The van der Waals surface area contributed by atoms with E-state index in [1.165, 1.54) is 0 Å². The number of rotatable bonds is 4. The number of ether oxygens (including phenoxy) is 2. The number of benzene rings is 1. The molecule has 0 bridgehead atoms. The lowest BCUT2D eigenvalue weighted by atomic mass is 10.2. The van der Waals surface area contributed by atoms with E-state index in [0.717, 1.165) is 22.9 Å². The number of nitrogens with zero attached hydrogens (tertiary/aromatic N) is 2. The van der Waals surface area contributed by atoms with Gasteiger partial charge in [0, 0.05) is 6.07 Å². The molecule has 2 rings (SSSR count). The van der Waals surface area contributed by atoms with E-state index in [-0.39, 0.29) is 0 Å². The molecule has 0 aliphatic heterocycles. The zero-order chi connectivity index (χ0) is 12.3. The number of aryl methyl sites for hydroxylation is 1. The first-order valence-corrected chi connectivity index (χ1v) is 5.44. The topological polar surface area (TPSA) is 36.3 Å². The Morgan fingerprint density at radius 1 is 1.12 bits per heavy atom. The van der Waals surface area contributed by atoms with E-state index in [9.17, 15) is 0 Å². The minimum Gasteiger partial charge on any atom is -0.497 e. The zero-order valence-electron chi connectivity index (χ0n) is 10.3. The summed E-state index contributed by atoms with van der Waals surface area (Å²) in [6, 6.07) is 9.85. The lowest BCUT2D eigenvalue weighted by Crippen LogP contribution is -2.04. The van der Waals surface area contributed by atoms with Gasteiger partial charge in [-0.05, 0) is 24.6 Å². The number of hydrogen-bond acceptors (Lipinski definition) is 3. The van der Waals surface area contributed by atoms with Crippen molar-refractivity contribution in [3.63, 3.8) is 0 Å². The van der Waals surface area contributed by atoms with Crippen molar-refractivity contribution in [2.24, 2.45) is 0 Å². The van der Waals surface area contributed by atoms with Crippen molar-refractivity contribution in [3.05, 3.63) is 41.6 Å². The van der Waals surface area contributed by atoms with Crippen LogP contribution in [0.4, 0.5) is 0 Å². The van der Waals surface area contributed by atoms with Crippen molar-refractivity contribution < 1.29 is 9.47 Å². The average molecular weight is 232 g/mol. The quantitative estimate of drug-likeness (QED) is 0.811. The van der Waals surface area contributed by atoms with Gasteiger partial charge < -0.3 is 9.47 Å². The molecule has 1 aromatic carbocycles. The lowest BCUT2D eigenvalue weighted by molar-refractivity contribution is 0.366. The number of methoxy groups -OCH3 is 2. The fourth-order valence-electron chi connectivity index (χ4n) is 1.70. The molecular formula is C13H16N2O2. The summed E-state index contributed by atoms with van der Waals surface area (Å²) < 4.78 is 12.2. The van der Waals surface area contributed by atoms with Crippen molar-refractivity contribution in [2.45, 2.75) is 13.5 Å². The summed E-state index contributed by atoms with van der Waals surface area (Å²) in [4.78, 5) is 0. The predicted octanol–water partition coefficient (Wildman–Crippen LogP) is 2.26. The molecule has 0 saturated heterocycles. The molecule has 1 aromatic heterocycles. The van der Waals surface area contributed by atoms with E-state index in [0.29, 0.717) is 6.54 Å². The van der Waals surface area contributed by atoms with Gasteiger partial charge in [-0.25, -0.2) is 4.68 Å². The first kappa shape index (κ1) is 11.5. The van der Waals surface area contributed by atoms with Gasteiger partial charge in [-0.3, -0.25) is 0 Å². The second-order valence-electron chi connectivity index (χ2n) is 3.83. The summed E-state index contributed by atoms with van der Waals surface area (Å²) in [5.74, 6) is 1.63. The van der Waals surface area contributed by atoms with E-state index >= 15 is 0 Å². The average Bonchev–Trinajstić information content (AvgIpc) is 2.70. The monoisotopic (exact) mass is 232 g/mol. The summed E-state index contributed by atoms with van der Waals surface area (Å²) in [5.41, 5.74) is 2.11. The molecule has 17 heavy (non-hydrogen) atoms. The third-order valence-electron chi connectivity index (χ3n) is 2.57. The SMILES string of the molecule is COc1ccc(Cn2nc(C)cc2OC)cc1. The van der Waals surface area contributed by atoms with E-state index in [4.69, 9.17) is 9.47 Å². The second kappa shape index (κ2) is 4.91. The van der Waals surface area contributed by atoms with Crippen LogP contribution in [0, 0.1) is 6.92 Å². The van der Waals surface area contributed by atoms with Crippen LogP contribution in [0.5, 0.6) is 11.6 Å². The molecule has 0 amide bonds. The van der Waals surface area contributed by atoms with E-state index < -0.39 is 0 Å². The summed E-state index contributed by atoms with van der Waals surface area (Å²) in [6.07, 6.45) is 0. The van der Waals surface area contributed by atoms with Crippen molar-refractivity contribution in [1.82, 2.24) is 9.78 Å². The Morgan fingerprint density at radius 3 is 2.41 bits per heavy atom. The van der Waals surface area contributed by atoms with E-state index in [2.05, 4.69) is 5.10 Å². The minimum absolute atomic E-state index is 0.695. The van der Waals surface area contributed by atoms with E-state index in [1.54, 1.807) is 14.2 Å². The molecule has 0 radical (unpaired) electrons. The van der Waals surface area contributed by atoms with Crippen LogP contribution in [0.3, 0.4) is 0 Å². The van der Waals surface area contributed by atoms with Crippen molar-refractivity contribution in [1.29, 1.82) is 0 Å². The maximum absolute atomic E-state index is 5.26. The normalized spacial score (nSPS) is 10.3. The van der Waals surface area contributed by atoms with Crippen LogP contribution in [0.2, 0.25) is 0 Å². The molecule has 0 unspecified atom stereocenters. The van der Waals surface area contributed by atoms with Gasteiger partial charge in [0.2, 0.25) is 5.88 Å². The molecule has 0 aliphatic carbocycles. The van der Waals surface area contributed by atoms with Crippen molar-refractivity contribution in [3.8, 4) is 11.6 Å². The Hall–Kier alpha value is -1.97. The summed E-state index contributed by atoms with van der Waals surface area (Å²) in [7, 11) is 3.32. The number of hydrogen-bond donors (Lipinski definition) is 0. The minimum atomic E-state index is 0.695. The third-order valence-corrected chi connectivity index (χ3v) is 2.57. The van der Waals surface area contributed by atoms with Crippen LogP contribution in [0.15, 0.2) is 30.3 Å². The zero-order valence-corrected chi connectivity index (χ0v) is 10.3. The molecule has 0 N–H and O–H groups in total. The molecular weight excluding hydrogens is 216 g/mol. The van der Waals surface area contributed by atoms with Gasteiger partial charge in [0.05, 0.1) is 26.5 Å². The molecule has 4 nitrogen and oxygen atoms in total. The summed E-state index contributed by atoms with van der Waals surface area (Å²) >= 11 is 0. The van der Waals surface area contributed by atoms with Gasteiger partial charge in [0.15, 0.2) is 0 Å². The Labute approximate surface area is 101 Å². The molecule has 0 aliphatic rings. The molecule has 0 atom stereocenters. The predicted molar refractivity (Wildman–Crippen MR) is 65.6 cm³/mol. The van der Waals surface area contributed by atoms with Crippen LogP contribution in [0.1, 0.15) is 11.3 Å². The highest BCUT2D eigenvalue weighted by Crippen LogP contribution is 2.16. The van der Waals surface area contributed by atoms with Crippen LogP contribution in [0.25, 0.3) is 0 Å². The van der Waals surface area contributed by atoms with Gasteiger partial charge in [0.1, 0.15) is 5.75 Å². The maximum atomic E-state index is 5.26. The molecule has 90 valence electrons. The Balaban J connectivity index is 2.18. The van der Waals surface area contributed by atoms with E-state index in [1.807, 2.05) is 41.9 Å². The van der Waals surface area contributed by atoms with Gasteiger partial charge in [-0.2, -0.15) is 5.10 Å². The van der Waals surface area contributed by atoms with Crippen molar-refractivity contribution in [2.75, 3.05) is 14.2 Å². The van der Waals surface area contributed by atoms with Gasteiger partial charge >= 0.3 is 0 Å². The van der Waals surface area contributed by atoms with Crippen molar-refractivity contribution >= 4 is 0 Å². The van der Waals surface area contributed by atoms with Crippen LogP contribution in [-0.2, 0) is 6.54 Å². The molecule has 0 saturated carbocycles.